The van der Waals surface area contributed by atoms with E-state index in [0.717, 1.165) is 18.5 Å². The zero-order chi connectivity index (χ0) is 20.7. The first-order valence-electron chi connectivity index (χ1n) is 9.81. The highest BCUT2D eigenvalue weighted by atomic mass is 19.1. The average molecular weight is 402 g/mol. The Morgan fingerprint density at radius 1 is 1.13 bits per heavy atom. The van der Waals surface area contributed by atoms with Gasteiger partial charge < -0.3 is 0 Å². The van der Waals surface area contributed by atoms with Crippen molar-refractivity contribution in [2.45, 2.75) is 26.2 Å². The molecule has 1 aliphatic carbocycles. The van der Waals surface area contributed by atoms with Crippen molar-refractivity contribution in [1.29, 1.82) is 0 Å². The Morgan fingerprint density at radius 2 is 1.93 bits per heavy atom. The van der Waals surface area contributed by atoms with Crippen LogP contribution in [0.4, 0.5) is 4.39 Å². The lowest BCUT2D eigenvalue weighted by Gasteiger charge is -2.05. The van der Waals surface area contributed by atoms with Crippen LogP contribution in [-0.4, -0.2) is 35.3 Å². The molecule has 0 bridgehead atoms. The number of halogens is 1. The van der Waals surface area contributed by atoms with Crippen molar-refractivity contribution in [3.8, 4) is 22.9 Å². The molecule has 0 atom stereocenters. The Balaban J connectivity index is 1.43. The van der Waals surface area contributed by atoms with Crippen LogP contribution in [-0.2, 0) is 0 Å². The van der Waals surface area contributed by atoms with Gasteiger partial charge in [-0.3, -0.25) is 9.36 Å². The van der Waals surface area contributed by atoms with Crippen molar-refractivity contribution >= 4 is 5.78 Å². The molecule has 3 heterocycles. The monoisotopic (exact) mass is 402 g/mol. The van der Waals surface area contributed by atoms with E-state index in [2.05, 4.69) is 20.3 Å². The van der Waals surface area contributed by atoms with Gasteiger partial charge >= 0.3 is 0 Å². The third-order valence-corrected chi connectivity index (χ3v) is 5.24. The summed E-state index contributed by atoms with van der Waals surface area (Å²) in [6.45, 7) is 1.85. The maximum Gasteiger partial charge on any atom is 0.164 e. The number of pyridine rings is 1. The molecule has 0 amide bonds. The third kappa shape index (κ3) is 3.52. The van der Waals surface area contributed by atoms with Crippen LogP contribution in [0.2, 0.25) is 0 Å². The van der Waals surface area contributed by atoms with Crippen LogP contribution < -0.4 is 0 Å². The fraction of sp³-hybridized carbons (Fsp3) is 0.227. The molecule has 1 aromatic carbocycles. The van der Waals surface area contributed by atoms with Crippen LogP contribution in [0.15, 0.2) is 55.1 Å². The Hall–Kier alpha value is -3.68. The van der Waals surface area contributed by atoms with E-state index >= 15 is 0 Å². The molecule has 3 aromatic heterocycles. The Labute approximate surface area is 172 Å². The lowest BCUT2D eigenvalue weighted by atomic mass is 10.1. The van der Waals surface area contributed by atoms with E-state index in [4.69, 9.17) is 0 Å². The minimum absolute atomic E-state index is 0.146. The highest BCUT2D eigenvalue weighted by Gasteiger charge is 2.25. The molecule has 150 valence electrons. The number of Topliss-reactive ketones (excluding diaryl/α,β-unsaturated/α-hetero) is 1. The first-order chi connectivity index (χ1) is 14.6. The molecule has 1 saturated carbocycles. The first-order valence-corrected chi connectivity index (χ1v) is 9.81. The third-order valence-electron chi connectivity index (χ3n) is 5.24. The Morgan fingerprint density at radius 3 is 2.63 bits per heavy atom. The maximum atomic E-state index is 13.3. The second-order valence-electron chi connectivity index (χ2n) is 7.55. The summed E-state index contributed by atoms with van der Waals surface area (Å²) in [6, 6.07) is 9.66. The van der Waals surface area contributed by atoms with Crippen LogP contribution in [0, 0.1) is 18.7 Å². The molecule has 0 saturated heterocycles. The van der Waals surface area contributed by atoms with Gasteiger partial charge in [-0.2, -0.15) is 0 Å². The van der Waals surface area contributed by atoms with Gasteiger partial charge in [0, 0.05) is 24.4 Å². The number of ketones is 1. The average Bonchev–Trinajstić information content (AvgIpc) is 3.29. The van der Waals surface area contributed by atoms with Crippen LogP contribution in [0.25, 0.3) is 22.9 Å². The Bertz CT molecular complexity index is 1210. The van der Waals surface area contributed by atoms with E-state index in [1.165, 1.54) is 12.1 Å². The fourth-order valence-electron chi connectivity index (χ4n) is 3.39. The quantitative estimate of drug-likeness (QED) is 0.457. The number of hydrogen-bond acceptors (Lipinski definition) is 5. The molecule has 0 N–H and O–H groups in total. The maximum absolute atomic E-state index is 13.3. The summed E-state index contributed by atoms with van der Waals surface area (Å²) in [5.74, 6) is 1.05. The largest absolute Gasteiger partial charge is 0.294 e. The van der Waals surface area contributed by atoms with E-state index in [0.29, 0.717) is 40.8 Å². The Kier molecular flexibility index (Phi) is 4.46. The van der Waals surface area contributed by atoms with Gasteiger partial charge in [0.15, 0.2) is 5.78 Å². The van der Waals surface area contributed by atoms with Crippen molar-refractivity contribution in [1.82, 2.24) is 29.5 Å². The smallest absolute Gasteiger partial charge is 0.164 e. The summed E-state index contributed by atoms with van der Waals surface area (Å²) < 4.78 is 16.7. The molecular formula is C22H19FN6O. The van der Waals surface area contributed by atoms with Crippen LogP contribution in [0.5, 0.6) is 0 Å². The second-order valence-corrected chi connectivity index (χ2v) is 7.55. The molecule has 4 aromatic rings. The van der Waals surface area contributed by atoms with Gasteiger partial charge in [-0.25, -0.2) is 19.0 Å². The standard InChI is InChI=1S/C22H19FN6O/c1-14-22(29(27-26-14)18-7-5-17(23)6-8-18)19-12-28(13-25-19)21-9-4-16(11-24-21)20(30)10-15-2-3-15/h4-9,11-13,15H,2-3,10H2,1H3. The van der Waals surface area contributed by atoms with Gasteiger partial charge in [-0.1, -0.05) is 5.21 Å². The zero-order valence-electron chi connectivity index (χ0n) is 16.4. The van der Waals surface area contributed by atoms with Gasteiger partial charge in [0.25, 0.3) is 0 Å². The van der Waals surface area contributed by atoms with E-state index in [1.807, 2.05) is 25.3 Å². The number of hydrogen-bond donors (Lipinski definition) is 0. The second kappa shape index (κ2) is 7.29. The van der Waals surface area contributed by atoms with Crippen LogP contribution >= 0.6 is 0 Å². The summed E-state index contributed by atoms with van der Waals surface area (Å²) in [4.78, 5) is 21.1. The van der Waals surface area contributed by atoms with Crippen molar-refractivity contribution < 1.29 is 9.18 Å². The normalized spacial score (nSPS) is 13.5. The highest BCUT2D eigenvalue weighted by molar-refractivity contribution is 5.96. The van der Waals surface area contributed by atoms with Crippen LogP contribution in [0.3, 0.4) is 0 Å². The molecular weight excluding hydrogens is 383 g/mol. The summed E-state index contributed by atoms with van der Waals surface area (Å²) in [6.07, 6.45) is 8.02. The van der Waals surface area contributed by atoms with Crippen molar-refractivity contribution in [3.63, 3.8) is 0 Å². The first kappa shape index (κ1) is 18.4. The van der Waals surface area contributed by atoms with Gasteiger partial charge in [-0.05, 0) is 62.1 Å². The SMILES string of the molecule is Cc1nnn(-c2ccc(F)cc2)c1-c1cn(-c2ccc(C(=O)CC3CC3)cn2)cn1. The van der Waals surface area contributed by atoms with E-state index < -0.39 is 0 Å². The van der Waals surface area contributed by atoms with Gasteiger partial charge in [0.2, 0.25) is 0 Å². The molecule has 7 nitrogen and oxygen atoms in total. The van der Waals surface area contributed by atoms with Crippen molar-refractivity contribution in [2.75, 3.05) is 0 Å². The topological polar surface area (TPSA) is 78.5 Å². The number of imidazole rings is 1. The molecule has 0 spiro atoms. The molecule has 0 unspecified atom stereocenters. The number of nitrogens with zero attached hydrogens (tertiary/aromatic N) is 6. The number of benzene rings is 1. The number of aryl methyl sites for hydroxylation is 1. The van der Waals surface area contributed by atoms with Gasteiger partial charge in [-0.15, -0.1) is 5.10 Å². The summed E-state index contributed by atoms with van der Waals surface area (Å²) in [5, 5.41) is 8.33. The molecule has 8 heteroatoms. The minimum atomic E-state index is -0.313. The fourth-order valence-corrected chi connectivity index (χ4v) is 3.39. The number of rotatable bonds is 6. The number of aromatic nitrogens is 6. The van der Waals surface area contributed by atoms with E-state index in [9.17, 15) is 9.18 Å². The predicted molar refractivity (Wildman–Crippen MR) is 108 cm³/mol. The summed E-state index contributed by atoms with van der Waals surface area (Å²) in [5.41, 5.74) is 3.42. The molecule has 5 rings (SSSR count). The van der Waals surface area contributed by atoms with Crippen molar-refractivity contribution in [2.24, 2.45) is 5.92 Å². The molecule has 0 aliphatic heterocycles. The zero-order valence-corrected chi connectivity index (χ0v) is 16.4. The van der Waals surface area contributed by atoms with Crippen LogP contribution in [0.1, 0.15) is 35.3 Å². The predicted octanol–water partition coefficient (Wildman–Crippen LogP) is 3.95. The summed E-state index contributed by atoms with van der Waals surface area (Å²) in [7, 11) is 0. The van der Waals surface area contributed by atoms with E-state index in [-0.39, 0.29) is 11.6 Å². The molecule has 30 heavy (non-hydrogen) atoms. The van der Waals surface area contributed by atoms with E-state index in [1.54, 1.807) is 33.9 Å². The van der Waals surface area contributed by atoms with Gasteiger partial charge in [0.1, 0.15) is 29.4 Å². The lowest BCUT2D eigenvalue weighted by molar-refractivity contribution is 0.0975. The lowest BCUT2D eigenvalue weighted by Crippen LogP contribution is -2.02. The molecule has 0 radical (unpaired) electrons. The van der Waals surface area contributed by atoms with Gasteiger partial charge in [0.05, 0.1) is 11.4 Å². The molecule has 1 aliphatic rings. The molecule has 1 fully saturated rings. The number of carbonyl (C=O) groups excluding carboxylic acids is 1. The summed E-state index contributed by atoms with van der Waals surface area (Å²) >= 11 is 0. The minimum Gasteiger partial charge on any atom is -0.294 e. The van der Waals surface area contributed by atoms with Crippen molar-refractivity contribution in [3.05, 3.63) is 72.2 Å². The number of carbonyl (C=O) groups is 1. The highest BCUT2D eigenvalue weighted by Crippen LogP contribution is 2.33.